The Balaban J connectivity index is 1.99. The molecule has 5 nitrogen and oxygen atoms in total. The van der Waals surface area contributed by atoms with E-state index in [-0.39, 0.29) is 10.7 Å². The lowest BCUT2D eigenvalue weighted by atomic mass is 10.00. The molecule has 0 bridgehead atoms. The lowest BCUT2D eigenvalue weighted by Crippen LogP contribution is -2.14. The highest BCUT2D eigenvalue weighted by atomic mass is 35.5. The van der Waals surface area contributed by atoms with E-state index in [9.17, 15) is 18.5 Å². The number of aromatic nitrogens is 1. The van der Waals surface area contributed by atoms with Gasteiger partial charge in [0.05, 0.1) is 21.0 Å². The lowest BCUT2D eigenvalue weighted by molar-refractivity contribution is 0.101. The van der Waals surface area contributed by atoms with Crippen molar-refractivity contribution in [3.05, 3.63) is 86.9 Å². The average Bonchev–Trinajstić information content (AvgIpc) is 3.56. The summed E-state index contributed by atoms with van der Waals surface area (Å²) in [7, 11) is -4.06. The van der Waals surface area contributed by atoms with Crippen molar-refractivity contribution >= 4 is 61.0 Å². The summed E-state index contributed by atoms with van der Waals surface area (Å²) in [6.07, 6.45) is 0. The van der Waals surface area contributed by atoms with Crippen molar-refractivity contribution in [1.82, 2.24) is 3.97 Å². The molecular weight excluding hydrogens is 508 g/mol. The van der Waals surface area contributed by atoms with E-state index in [1.54, 1.807) is 23.6 Å². The molecule has 2 aromatic carbocycles. The fourth-order valence-corrected chi connectivity index (χ4v) is 7.12. The topological polar surface area (TPSA) is 79.9 Å². The average molecular weight is 523 g/mol. The molecule has 34 heavy (non-hydrogen) atoms. The second-order valence-electron chi connectivity index (χ2n) is 7.49. The first-order chi connectivity index (χ1) is 16.3. The summed E-state index contributed by atoms with van der Waals surface area (Å²) in [4.78, 5) is 13.5. The minimum atomic E-state index is -4.06. The Morgan fingerprint density at radius 1 is 1.03 bits per heavy atom. The number of benzene rings is 2. The van der Waals surface area contributed by atoms with E-state index in [0.29, 0.717) is 43.2 Å². The van der Waals surface area contributed by atoms with E-state index in [1.165, 1.54) is 57.8 Å². The van der Waals surface area contributed by atoms with Gasteiger partial charge in [0, 0.05) is 27.1 Å². The zero-order valence-electron chi connectivity index (χ0n) is 17.7. The molecule has 3 heterocycles. The van der Waals surface area contributed by atoms with E-state index in [2.05, 4.69) is 6.07 Å². The molecule has 0 saturated carbocycles. The number of nitriles is 1. The van der Waals surface area contributed by atoms with Crippen LogP contribution in [0.1, 0.15) is 22.2 Å². The van der Waals surface area contributed by atoms with Crippen LogP contribution in [0.2, 0.25) is 5.02 Å². The van der Waals surface area contributed by atoms with Crippen molar-refractivity contribution in [2.75, 3.05) is 0 Å². The summed E-state index contributed by atoms with van der Waals surface area (Å²) in [5.41, 5.74) is 2.58. The monoisotopic (exact) mass is 522 g/mol. The van der Waals surface area contributed by atoms with Gasteiger partial charge in [0.15, 0.2) is 5.78 Å². The summed E-state index contributed by atoms with van der Waals surface area (Å²) in [5, 5.41) is 14.4. The van der Waals surface area contributed by atoms with Gasteiger partial charge in [0.25, 0.3) is 10.0 Å². The first-order valence-corrected chi connectivity index (χ1v) is 13.6. The molecule has 0 saturated heterocycles. The van der Waals surface area contributed by atoms with Gasteiger partial charge < -0.3 is 0 Å². The Hall–Kier alpha value is -3.22. The Morgan fingerprint density at radius 3 is 2.44 bits per heavy atom. The molecule has 0 aliphatic heterocycles. The third-order valence-corrected chi connectivity index (χ3v) is 9.15. The molecule has 0 unspecified atom stereocenters. The molecular formula is C25H15ClN2O3S3. The number of ketones is 1. The van der Waals surface area contributed by atoms with Gasteiger partial charge >= 0.3 is 0 Å². The third kappa shape index (κ3) is 3.58. The number of thiophene rings is 2. The Morgan fingerprint density at radius 2 is 1.79 bits per heavy atom. The number of nitrogens with zero attached hydrogens (tertiary/aromatic N) is 2. The largest absolute Gasteiger partial charge is 0.295 e. The van der Waals surface area contributed by atoms with Crippen LogP contribution in [0.3, 0.4) is 0 Å². The predicted octanol–water partition coefficient (Wildman–Crippen LogP) is 7.06. The van der Waals surface area contributed by atoms with Gasteiger partial charge in [-0.05, 0) is 72.3 Å². The molecule has 0 aliphatic carbocycles. The number of halogens is 1. The number of rotatable bonds is 5. The molecule has 3 aromatic heterocycles. The van der Waals surface area contributed by atoms with Gasteiger partial charge in [-0.15, -0.1) is 22.7 Å². The number of hydrogen-bond acceptors (Lipinski definition) is 6. The predicted molar refractivity (Wildman–Crippen MR) is 137 cm³/mol. The fraction of sp³-hybridized carbons (Fsp3) is 0.0400. The molecule has 0 atom stereocenters. The maximum Gasteiger partial charge on any atom is 0.268 e. The third-order valence-electron chi connectivity index (χ3n) is 5.47. The summed E-state index contributed by atoms with van der Waals surface area (Å²) in [6, 6.07) is 18.7. The standard InChI is InChI=1S/C25H15ClN2O3S3/c1-15(29)16-4-9-21-20(13-16)24(19-10-12-33-23(19)14-27)25(22-3-2-11-32-22)28(21)34(30,31)18-7-5-17(26)6-8-18/h2-13H,1H3. The molecule has 5 rings (SSSR count). The highest BCUT2D eigenvalue weighted by Crippen LogP contribution is 2.46. The van der Waals surface area contributed by atoms with Crippen molar-refractivity contribution in [3.8, 4) is 27.8 Å². The van der Waals surface area contributed by atoms with Crippen LogP contribution in [0.4, 0.5) is 0 Å². The second-order valence-corrected chi connectivity index (χ2v) is 11.6. The van der Waals surface area contributed by atoms with E-state index < -0.39 is 10.0 Å². The highest BCUT2D eigenvalue weighted by molar-refractivity contribution is 7.90. The summed E-state index contributed by atoms with van der Waals surface area (Å²) in [5.74, 6) is -0.135. The molecule has 0 amide bonds. The highest BCUT2D eigenvalue weighted by Gasteiger charge is 2.30. The van der Waals surface area contributed by atoms with Gasteiger partial charge in [-0.25, -0.2) is 12.4 Å². The first kappa shape index (κ1) is 22.6. The molecule has 5 aromatic rings. The molecule has 0 aliphatic rings. The Bertz CT molecular complexity index is 1710. The van der Waals surface area contributed by atoms with Crippen LogP contribution < -0.4 is 0 Å². The molecule has 0 spiro atoms. The summed E-state index contributed by atoms with van der Waals surface area (Å²) < 4.78 is 29.4. The van der Waals surface area contributed by atoms with Crippen molar-refractivity contribution in [2.45, 2.75) is 11.8 Å². The van der Waals surface area contributed by atoms with Gasteiger partial charge in [-0.2, -0.15) is 5.26 Å². The lowest BCUT2D eigenvalue weighted by Gasteiger charge is -2.12. The van der Waals surface area contributed by atoms with Crippen LogP contribution in [0, 0.1) is 11.3 Å². The molecule has 0 radical (unpaired) electrons. The van der Waals surface area contributed by atoms with Crippen LogP contribution in [-0.4, -0.2) is 18.2 Å². The van der Waals surface area contributed by atoms with Crippen LogP contribution in [-0.2, 0) is 10.0 Å². The van der Waals surface area contributed by atoms with Gasteiger partial charge in [-0.1, -0.05) is 17.7 Å². The molecule has 9 heteroatoms. The second kappa shape index (κ2) is 8.53. The maximum absolute atomic E-state index is 14.0. The van der Waals surface area contributed by atoms with E-state index in [4.69, 9.17) is 11.6 Å². The van der Waals surface area contributed by atoms with Crippen molar-refractivity contribution in [2.24, 2.45) is 0 Å². The first-order valence-electron chi connectivity index (χ1n) is 10.1. The number of carbonyl (C=O) groups is 1. The Labute approximate surface area is 209 Å². The Kier molecular flexibility index (Phi) is 5.66. The van der Waals surface area contributed by atoms with Gasteiger partial charge in [-0.3, -0.25) is 4.79 Å². The van der Waals surface area contributed by atoms with Crippen molar-refractivity contribution < 1.29 is 13.2 Å². The van der Waals surface area contributed by atoms with E-state index in [0.717, 1.165) is 4.88 Å². The molecule has 0 fully saturated rings. The normalized spacial score (nSPS) is 11.6. The number of Topliss-reactive ketones (excluding diaryl/α,β-unsaturated/α-hetero) is 1. The minimum Gasteiger partial charge on any atom is -0.295 e. The zero-order chi connectivity index (χ0) is 24.0. The smallest absolute Gasteiger partial charge is 0.268 e. The van der Waals surface area contributed by atoms with Crippen molar-refractivity contribution in [1.29, 1.82) is 5.26 Å². The SMILES string of the molecule is CC(=O)c1ccc2c(c1)c(-c1ccsc1C#N)c(-c1cccs1)n2S(=O)(=O)c1ccc(Cl)cc1. The quantitative estimate of drug-likeness (QED) is 0.231. The summed E-state index contributed by atoms with van der Waals surface area (Å²) >= 11 is 8.69. The van der Waals surface area contributed by atoms with Crippen LogP contribution in [0.15, 0.2) is 76.3 Å². The fourth-order valence-electron chi connectivity index (χ4n) is 3.95. The molecule has 168 valence electrons. The van der Waals surface area contributed by atoms with Crippen LogP contribution in [0.5, 0.6) is 0 Å². The van der Waals surface area contributed by atoms with E-state index >= 15 is 0 Å². The van der Waals surface area contributed by atoms with Crippen LogP contribution in [0.25, 0.3) is 32.6 Å². The van der Waals surface area contributed by atoms with Crippen LogP contribution >= 0.6 is 34.3 Å². The van der Waals surface area contributed by atoms with Gasteiger partial charge in [0.2, 0.25) is 0 Å². The van der Waals surface area contributed by atoms with Crippen molar-refractivity contribution in [3.63, 3.8) is 0 Å². The number of hydrogen-bond donors (Lipinski definition) is 0. The molecule has 0 N–H and O–H groups in total. The number of fused-ring (bicyclic) bond motifs is 1. The van der Waals surface area contributed by atoms with E-state index in [1.807, 2.05) is 23.6 Å². The summed E-state index contributed by atoms with van der Waals surface area (Å²) in [6.45, 7) is 1.47. The zero-order valence-corrected chi connectivity index (χ0v) is 20.9. The number of carbonyl (C=O) groups excluding carboxylic acids is 1. The maximum atomic E-state index is 14.0. The minimum absolute atomic E-state index is 0.0830. The van der Waals surface area contributed by atoms with Gasteiger partial charge in [0.1, 0.15) is 10.9 Å².